The fraction of sp³-hybridized carbons (Fsp3) is 0.423. The van der Waals surface area contributed by atoms with Crippen LogP contribution in [0.2, 0.25) is 5.02 Å². The van der Waals surface area contributed by atoms with Gasteiger partial charge in [-0.25, -0.2) is 0 Å². The predicted molar refractivity (Wildman–Crippen MR) is 129 cm³/mol. The minimum Gasteiger partial charge on any atom is -0.484 e. The average Bonchev–Trinajstić information content (AvgIpc) is 2.85. The number of likely N-dealkylation sites (tertiary alicyclic amines) is 1. The summed E-state index contributed by atoms with van der Waals surface area (Å²) in [7, 11) is 0. The van der Waals surface area contributed by atoms with Crippen molar-refractivity contribution in [3.8, 4) is 5.75 Å². The van der Waals surface area contributed by atoms with Gasteiger partial charge in [0, 0.05) is 41.7 Å². The number of amides is 2. The lowest BCUT2D eigenvalue weighted by Crippen LogP contribution is -2.44. The molecule has 1 N–H and O–H groups in total. The van der Waals surface area contributed by atoms with Gasteiger partial charge < -0.3 is 15.0 Å². The molecular formula is C26H31ClN2O4. The van der Waals surface area contributed by atoms with Gasteiger partial charge in [-0.15, -0.1) is 0 Å². The lowest BCUT2D eigenvalue weighted by molar-refractivity contribution is -0.137. The maximum Gasteiger partial charge on any atom is 0.260 e. The maximum absolute atomic E-state index is 12.5. The van der Waals surface area contributed by atoms with Crippen LogP contribution in [0.3, 0.4) is 0 Å². The number of nitrogens with one attached hydrogen (secondary N) is 1. The van der Waals surface area contributed by atoms with Crippen LogP contribution in [0, 0.1) is 5.92 Å². The van der Waals surface area contributed by atoms with E-state index in [0.717, 1.165) is 25.8 Å². The van der Waals surface area contributed by atoms with Crippen molar-refractivity contribution < 1.29 is 19.1 Å². The minimum absolute atomic E-state index is 0.0256. The Morgan fingerprint density at radius 2 is 1.58 bits per heavy atom. The maximum atomic E-state index is 12.5. The van der Waals surface area contributed by atoms with Crippen LogP contribution in [0.4, 0.5) is 0 Å². The highest BCUT2D eigenvalue weighted by atomic mass is 35.5. The first-order chi connectivity index (χ1) is 16.0. The van der Waals surface area contributed by atoms with Gasteiger partial charge >= 0.3 is 0 Å². The number of halogens is 1. The molecule has 0 atom stereocenters. The van der Waals surface area contributed by atoms with Crippen molar-refractivity contribution in [1.82, 2.24) is 10.2 Å². The van der Waals surface area contributed by atoms with Crippen LogP contribution in [-0.2, 0) is 9.59 Å². The number of ether oxygens (including phenoxy) is 1. The van der Waals surface area contributed by atoms with Gasteiger partial charge in [-0.2, -0.15) is 0 Å². The molecule has 2 aromatic carbocycles. The quantitative estimate of drug-likeness (QED) is 0.410. The van der Waals surface area contributed by atoms with Crippen molar-refractivity contribution in [2.75, 3.05) is 26.2 Å². The number of hydrogen-bond acceptors (Lipinski definition) is 4. The summed E-state index contributed by atoms with van der Waals surface area (Å²) in [5.74, 6) is 0.395. The highest BCUT2D eigenvalue weighted by molar-refractivity contribution is 6.30. The number of rotatable bonds is 10. The third kappa shape index (κ3) is 7.32. The molecule has 0 saturated carbocycles. The van der Waals surface area contributed by atoms with E-state index in [1.165, 1.54) is 0 Å². The number of hydrogen-bond donors (Lipinski definition) is 1. The molecule has 2 aromatic rings. The Morgan fingerprint density at radius 3 is 2.18 bits per heavy atom. The van der Waals surface area contributed by atoms with E-state index in [4.69, 9.17) is 16.3 Å². The zero-order valence-corrected chi connectivity index (χ0v) is 19.8. The second kappa shape index (κ2) is 12.4. The zero-order chi connectivity index (χ0) is 23.6. The van der Waals surface area contributed by atoms with E-state index in [9.17, 15) is 14.4 Å². The van der Waals surface area contributed by atoms with Gasteiger partial charge in [-0.1, -0.05) is 31.4 Å². The summed E-state index contributed by atoms with van der Waals surface area (Å²) >= 11 is 5.87. The van der Waals surface area contributed by atoms with E-state index in [1.807, 2.05) is 0 Å². The molecule has 1 fully saturated rings. The van der Waals surface area contributed by atoms with E-state index >= 15 is 0 Å². The molecular weight excluding hydrogens is 440 g/mol. The van der Waals surface area contributed by atoms with Crippen molar-refractivity contribution in [3.63, 3.8) is 0 Å². The lowest BCUT2D eigenvalue weighted by Gasteiger charge is -2.31. The van der Waals surface area contributed by atoms with E-state index < -0.39 is 0 Å². The summed E-state index contributed by atoms with van der Waals surface area (Å²) in [6.07, 6.45) is 4.60. The largest absolute Gasteiger partial charge is 0.484 e. The smallest absolute Gasteiger partial charge is 0.260 e. The Morgan fingerprint density at radius 1 is 0.970 bits per heavy atom. The monoisotopic (exact) mass is 470 g/mol. The summed E-state index contributed by atoms with van der Waals surface area (Å²) in [6.45, 7) is 3.91. The van der Waals surface area contributed by atoms with Gasteiger partial charge in [0.1, 0.15) is 5.75 Å². The first-order valence-corrected chi connectivity index (χ1v) is 11.9. The lowest BCUT2D eigenvalue weighted by atomic mass is 9.96. The molecule has 1 saturated heterocycles. The standard InChI is InChI=1S/C26H31ClN2O4/c1-2-3-4-15-28-26(32)21-13-16-29(17-14-21)24(30)18-33-23-11-7-20(8-12-23)25(31)19-5-9-22(27)10-6-19/h5-12,21H,2-4,13-18H2,1H3,(H,28,32). The molecule has 6 nitrogen and oxygen atoms in total. The Kier molecular flexibility index (Phi) is 9.31. The molecule has 33 heavy (non-hydrogen) atoms. The van der Waals surface area contributed by atoms with Crippen LogP contribution in [0.15, 0.2) is 48.5 Å². The molecule has 0 aliphatic carbocycles. The molecule has 0 radical (unpaired) electrons. The highest BCUT2D eigenvalue weighted by Crippen LogP contribution is 2.19. The molecule has 0 bridgehead atoms. The van der Waals surface area contributed by atoms with Crippen molar-refractivity contribution in [2.24, 2.45) is 5.92 Å². The zero-order valence-electron chi connectivity index (χ0n) is 19.0. The Hall–Kier alpha value is -2.86. The fourth-order valence-electron chi connectivity index (χ4n) is 3.83. The number of carbonyl (C=O) groups excluding carboxylic acids is 3. The van der Waals surface area contributed by atoms with Crippen LogP contribution in [-0.4, -0.2) is 48.7 Å². The second-order valence-corrected chi connectivity index (χ2v) is 8.74. The van der Waals surface area contributed by atoms with Gasteiger partial charge in [0.05, 0.1) is 0 Å². The van der Waals surface area contributed by atoms with Gasteiger partial charge in [0.25, 0.3) is 5.91 Å². The molecule has 3 rings (SSSR count). The topological polar surface area (TPSA) is 75.7 Å². The van der Waals surface area contributed by atoms with Crippen LogP contribution in [0.1, 0.15) is 54.9 Å². The molecule has 7 heteroatoms. The summed E-state index contributed by atoms with van der Waals surface area (Å²) in [5, 5.41) is 3.58. The molecule has 0 aromatic heterocycles. The molecule has 2 amide bonds. The number of carbonyl (C=O) groups is 3. The summed E-state index contributed by atoms with van der Waals surface area (Å²) in [6, 6.07) is 13.5. The van der Waals surface area contributed by atoms with Gasteiger partial charge in [0.2, 0.25) is 5.91 Å². The van der Waals surface area contributed by atoms with Gasteiger partial charge in [-0.3, -0.25) is 14.4 Å². The number of nitrogens with zero attached hydrogens (tertiary/aromatic N) is 1. The van der Waals surface area contributed by atoms with Crippen LogP contribution in [0.5, 0.6) is 5.75 Å². The van der Waals surface area contributed by atoms with Crippen molar-refractivity contribution in [1.29, 1.82) is 0 Å². The molecule has 176 valence electrons. The first kappa shape index (κ1) is 24.8. The predicted octanol–water partition coefficient (Wildman–Crippen LogP) is 4.49. The molecule has 0 spiro atoms. The van der Waals surface area contributed by atoms with Crippen LogP contribution in [0.25, 0.3) is 0 Å². The Balaban J connectivity index is 1.41. The number of benzene rings is 2. The highest BCUT2D eigenvalue weighted by Gasteiger charge is 2.27. The van der Waals surface area contributed by atoms with Crippen molar-refractivity contribution in [3.05, 3.63) is 64.7 Å². The summed E-state index contributed by atoms with van der Waals surface area (Å²) < 4.78 is 5.63. The summed E-state index contributed by atoms with van der Waals surface area (Å²) in [4.78, 5) is 39.1. The second-order valence-electron chi connectivity index (χ2n) is 8.30. The normalized spacial score (nSPS) is 14.1. The fourth-order valence-corrected chi connectivity index (χ4v) is 3.95. The van der Waals surface area contributed by atoms with Crippen LogP contribution >= 0.6 is 11.6 Å². The number of ketones is 1. The van der Waals surface area contributed by atoms with Gasteiger partial charge in [0.15, 0.2) is 12.4 Å². The molecule has 1 aliphatic rings. The Labute approximate surface area is 200 Å². The molecule has 1 heterocycles. The van der Waals surface area contributed by atoms with E-state index in [2.05, 4.69) is 12.2 Å². The van der Waals surface area contributed by atoms with E-state index in [0.29, 0.717) is 47.8 Å². The number of unbranched alkanes of at least 4 members (excludes halogenated alkanes) is 2. The average molecular weight is 471 g/mol. The van der Waals surface area contributed by atoms with E-state index in [1.54, 1.807) is 53.4 Å². The number of piperidine rings is 1. The third-order valence-electron chi connectivity index (χ3n) is 5.88. The first-order valence-electron chi connectivity index (χ1n) is 11.6. The minimum atomic E-state index is -0.105. The van der Waals surface area contributed by atoms with Gasteiger partial charge in [-0.05, 0) is 67.8 Å². The molecule has 1 aliphatic heterocycles. The Bertz CT molecular complexity index is 936. The SMILES string of the molecule is CCCCCNC(=O)C1CCN(C(=O)COc2ccc(C(=O)c3ccc(Cl)cc3)cc2)CC1. The van der Waals surface area contributed by atoms with Crippen LogP contribution < -0.4 is 10.1 Å². The van der Waals surface area contributed by atoms with Crippen molar-refractivity contribution >= 4 is 29.2 Å². The summed E-state index contributed by atoms with van der Waals surface area (Å²) in [5.41, 5.74) is 1.09. The molecule has 0 unspecified atom stereocenters. The van der Waals surface area contributed by atoms with E-state index in [-0.39, 0.29) is 30.1 Å². The third-order valence-corrected chi connectivity index (χ3v) is 6.14. The van der Waals surface area contributed by atoms with Crippen molar-refractivity contribution in [2.45, 2.75) is 39.0 Å².